The highest BCUT2D eigenvalue weighted by Gasteiger charge is 2.47. The summed E-state index contributed by atoms with van der Waals surface area (Å²) < 4.78 is 94.4. The van der Waals surface area contributed by atoms with E-state index in [-0.39, 0.29) is 42.8 Å². The molecule has 50 heavy (non-hydrogen) atoms. The Balaban J connectivity index is 1.60. The number of alkyl halides is 5. The van der Waals surface area contributed by atoms with Gasteiger partial charge in [-0.25, -0.2) is 19.6 Å². The monoisotopic (exact) mass is 714 g/mol. The fourth-order valence-corrected chi connectivity index (χ4v) is 5.77. The Morgan fingerprint density at radius 3 is 2.38 bits per heavy atom. The van der Waals surface area contributed by atoms with Gasteiger partial charge in [-0.1, -0.05) is 33.4 Å². The lowest BCUT2D eigenvalue weighted by Crippen LogP contribution is -2.57. The first-order valence-corrected chi connectivity index (χ1v) is 15.7. The third-order valence-corrected chi connectivity index (χ3v) is 8.16. The summed E-state index contributed by atoms with van der Waals surface area (Å²) in [5, 5.41) is 2.62. The zero-order chi connectivity index (χ0) is 37.0. The van der Waals surface area contributed by atoms with Crippen molar-refractivity contribution in [1.82, 2.24) is 20.2 Å². The number of fused-ring (bicyclic) bond motifs is 1. The van der Waals surface area contributed by atoms with Crippen molar-refractivity contribution in [3.63, 3.8) is 0 Å². The Bertz CT molecular complexity index is 1600. The van der Waals surface area contributed by atoms with Gasteiger partial charge in [0, 0.05) is 12.5 Å². The van der Waals surface area contributed by atoms with Crippen LogP contribution in [0.2, 0.25) is 0 Å². The van der Waals surface area contributed by atoms with Crippen LogP contribution < -0.4 is 14.8 Å². The van der Waals surface area contributed by atoms with Gasteiger partial charge in [-0.15, -0.1) is 19.8 Å². The number of allylic oxidation sites excluding steroid dienone is 1. The molecule has 2 aromatic rings. The molecule has 1 aromatic carbocycles. The molecule has 12 nitrogen and oxygen atoms in total. The maximum atomic E-state index is 15.1. The molecule has 0 radical (unpaired) electrons. The summed E-state index contributed by atoms with van der Waals surface area (Å²) in [5.41, 5.74) is -2.43. The molecule has 4 rings (SSSR count). The molecule has 2 amide bonds. The van der Waals surface area contributed by atoms with Crippen LogP contribution in [0.4, 0.5) is 26.7 Å². The number of benzene rings is 1. The lowest BCUT2D eigenvalue weighted by Gasteiger charge is -2.35. The standard InChI is InChI=1S/C33H39F5N4O8/c1-7-14-47-23-10-9-11-24(23)49-30(45)41-26(31(3,4)5)28(43)42-17-19(16-22(42)29(44)46-6)48-27-25(32(34,35)8-2)39-21-15-18(50-33(36,37)38)12-13-20(21)40-27/h7-8,12-13,15,19,22-24,26H,1-2,9-11,14,16-17H2,3-6H3,(H,41,45)/t19-,22+,23-,24-,26-/m1/s1. The van der Waals surface area contributed by atoms with Crippen LogP contribution in [0.15, 0.2) is 43.5 Å². The molecule has 1 saturated heterocycles. The number of nitrogens with zero attached hydrogens (tertiary/aromatic N) is 3. The number of aromatic nitrogens is 2. The number of methoxy groups -OCH3 is 1. The quantitative estimate of drug-likeness (QED) is 0.168. The van der Waals surface area contributed by atoms with Crippen LogP contribution in [0.5, 0.6) is 11.6 Å². The molecule has 1 aliphatic carbocycles. The summed E-state index contributed by atoms with van der Waals surface area (Å²) in [4.78, 5) is 49.1. The van der Waals surface area contributed by atoms with Gasteiger partial charge >= 0.3 is 24.3 Å². The molecule has 2 heterocycles. The van der Waals surface area contributed by atoms with E-state index in [0.717, 1.165) is 36.6 Å². The van der Waals surface area contributed by atoms with E-state index in [1.807, 2.05) is 0 Å². The summed E-state index contributed by atoms with van der Waals surface area (Å²) in [6.45, 7) is 11.8. The van der Waals surface area contributed by atoms with Crippen molar-refractivity contribution in [2.24, 2.45) is 5.41 Å². The van der Waals surface area contributed by atoms with Crippen molar-refractivity contribution in [1.29, 1.82) is 0 Å². The normalized spacial score (nSPS) is 21.7. The van der Waals surface area contributed by atoms with Gasteiger partial charge in [-0.3, -0.25) is 4.79 Å². The number of carbonyl (C=O) groups is 3. The van der Waals surface area contributed by atoms with Crippen molar-refractivity contribution in [2.75, 3.05) is 20.3 Å². The predicted molar refractivity (Wildman–Crippen MR) is 167 cm³/mol. The number of likely N-dealkylation sites (tertiary alicyclic amines) is 1. The third-order valence-electron chi connectivity index (χ3n) is 8.16. The molecule has 1 aliphatic heterocycles. The van der Waals surface area contributed by atoms with E-state index >= 15 is 8.78 Å². The van der Waals surface area contributed by atoms with E-state index < -0.39 is 77.3 Å². The van der Waals surface area contributed by atoms with E-state index in [1.165, 1.54) is 0 Å². The van der Waals surface area contributed by atoms with E-state index in [9.17, 15) is 27.6 Å². The van der Waals surface area contributed by atoms with Gasteiger partial charge in [-0.05, 0) is 42.9 Å². The minimum atomic E-state index is -5.04. The van der Waals surface area contributed by atoms with Gasteiger partial charge in [0.05, 0.1) is 37.4 Å². The van der Waals surface area contributed by atoms with E-state index in [4.69, 9.17) is 18.9 Å². The summed E-state index contributed by atoms with van der Waals surface area (Å²) in [6.07, 6.45) is -4.28. The highest BCUT2D eigenvalue weighted by atomic mass is 19.4. The predicted octanol–water partition coefficient (Wildman–Crippen LogP) is 5.59. The molecule has 0 bridgehead atoms. The molecular weight excluding hydrogens is 675 g/mol. The lowest BCUT2D eigenvalue weighted by atomic mass is 9.85. The van der Waals surface area contributed by atoms with Crippen LogP contribution in [0.25, 0.3) is 11.0 Å². The van der Waals surface area contributed by atoms with Crippen molar-refractivity contribution in [3.05, 3.63) is 49.2 Å². The molecule has 17 heteroatoms. The van der Waals surface area contributed by atoms with E-state index in [2.05, 4.69) is 33.2 Å². The van der Waals surface area contributed by atoms with Crippen LogP contribution in [-0.4, -0.2) is 89.9 Å². The fourth-order valence-electron chi connectivity index (χ4n) is 5.77. The first-order chi connectivity index (χ1) is 23.4. The Kier molecular flexibility index (Phi) is 11.6. The van der Waals surface area contributed by atoms with Crippen LogP contribution in [0.1, 0.15) is 52.1 Å². The van der Waals surface area contributed by atoms with Crippen LogP contribution in [-0.2, 0) is 29.7 Å². The second-order valence-corrected chi connectivity index (χ2v) is 12.9. The van der Waals surface area contributed by atoms with Gasteiger partial charge in [0.1, 0.15) is 30.0 Å². The first-order valence-electron chi connectivity index (χ1n) is 15.7. The number of rotatable bonds is 12. The smallest absolute Gasteiger partial charge is 0.471 e. The Labute approximate surface area is 284 Å². The second-order valence-electron chi connectivity index (χ2n) is 12.9. The number of hydrogen-bond donors (Lipinski definition) is 1. The van der Waals surface area contributed by atoms with Gasteiger partial charge in [-0.2, -0.15) is 8.78 Å². The van der Waals surface area contributed by atoms with Gasteiger partial charge < -0.3 is 33.9 Å². The largest absolute Gasteiger partial charge is 0.573 e. The maximum absolute atomic E-state index is 15.1. The summed E-state index contributed by atoms with van der Waals surface area (Å²) >= 11 is 0. The van der Waals surface area contributed by atoms with E-state index in [1.54, 1.807) is 26.8 Å². The second kappa shape index (κ2) is 15.1. The molecule has 0 unspecified atom stereocenters. The molecule has 1 aromatic heterocycles. The van der Waals surface area contributed by atoms with Crippen LogP contribution >= 0.6 is 0 Å². The zero-order valence-corrected chi connectivity index (χ0v) is 27.9. The number of ether oxygens (including phenoxy) is 5. The van der Waals surface area contributed by atoms with Crippen molar-refractivity contribution in [2.45, 2.75) is 89.1 Å². The van der Waals surface area contributed by atoms with E-state index in [0.29, 0.717) is 12.8 Å². The average molecular weight is 715 g/mol. The summed E-state index contributed by atoms with van der Waals surface area (Å²) in [7, 11) is 1.11. The number of hydrogen-bond acceptors (Lipinski definition) is 10. The summed E-state index contributed by atoms with van der Waals surface area (Å²) in [5.74, 6) is -6.79. The number of alkyl carbamates (subject to hydrolysis) is 1. The SMILES string of the molecule is C=CCO[C@@H]1CCC[C@H]1OC(=O)N[C@H](C(=O)N1C[C@H](Oc2nc3ccc(OC(F)(F)F)cc3nc2C(F)(F)C=C)C[C@H]1C(=O)OC)C(C)(C)C. The first kappa shape index (κ1) is 38.3. The zero-order valence-electron chi connectivity index (χ0n) is 27.9. The summed E-state index contributed by atoms with van der Waals surface area (Å²) in [6, 6.07) is 0.326. The highest BCUT2D eigenvalue weighted by Crippen LogP contribution is 2.38. The Hall–Kier alpha value is -4.54. The molecule has 0 spiro atoms. The Morgan fingerprint density at radius 2 is 1.76 bits per heavy atom. The number of nitrogens with one attached hydrogen (secondary N) is 1. The number of amides is 2. The lowest BCUT2D eigenvalue weighted by molar-refractivity contribution is -0.274. The van der Waals surface area contributed by atoms with Crippen LogP contribution in [0.3, 0.4) is 0 Å². The average Bonchev–Trinajstić information content (AvgIpc) is 3.67. The number of carbonyl (C=O) groups excluding carboxylic acids is 3. The molecule has 1 N–H and O–H groups in total. The third kappa shape index (κ3) is 9.17. The van der Waals surface area contributed by atoms with Gasteiger partial charge in [0.25, 0.3) is 0 Å². The van der Waals surface area contributed by atoms with Gasteiger partial charge in [0.2, 0.25) is 11.8 Å². The highest BCUT2D eigenvalue weighted by molar-refractivity contribution is 5.91. The molecule has 274 valence electrons. The Morgan fingerprint density at radius 1 is 1.06 bits per heavy atom. The molecule has 5 atom stereocenters. The molecule has 1 saturated carbocycles. The minimum Gasteiger partial charge on any atom is -0.471 e. The maximum Gasteiger partial charge on any atom is 0.573 e. The van der Waals surface area contributed by atoms with Crippen molar-refractivity contribution < 1.29 is 60.0 Å². The topological polar surface area (TPSA) is 138 Å². The van der Waals surface area contributed by atoms with Crippen molar-refractivity contribution in [3.8, 4) is 11.6 Å². The fraction of sp³-hybridized carbons (Fsp3) is 0.545. The number of esters is 1. The van der Waals surface area contributed by atoms with Crippen molar-refractivity contribution >= 4 is 29.0 Å². The van der Waals surface area contributed by atoms with Gasteiger partial charge in [0.15, 0.2) is 5.69 Å². The number of halogens is 5. The minimum absolute atomic E-state index is 0.108. The molecule has 2 aliphatic rings. The van der Waals surface area contributed by atoms with Crippen LogP contribution in [0, 0.1) is 5.41 Å². The molecule has 2 fully saturated rings. The molecular formula is C33H39F5N4O8.